The van der Waals surface area contributed by atoms with Crippen LogP contribution in [0.1, 0.15) is 45.2 Å². The summed E-state index contributed by atoms with van der Waals surface area (Å²) in [6.45, 7) is 4.61. The molecule has 5 heteroatoms. The Kier molecular flexibility index (Phi) is 5.54. The molecule has 100 valence electrons. The zero-order valence-electron chi connectivity index (χ0n) is 11.0. The van der Waals surface area contributed by atoms with Crippen LogP contribution in [0.15, 0.2) is 11.8 Å². The van der Waals surface area contributed by atoms with E-state index in [1.54, 1.807) is 14.5 Å². The van der Waals surface area contributed by atoms with Crippen molar-refractivity contribution in [2.45, 2.75) is 45.4 Å². The third kappa shape index (κ3) is 3.50. The molecule has 0 amide bonds. The zero-order chi connectivity index (χ0) is 13.0. The first-order valence-corrected chi connectivity index (χ1v) is 10.1. The predicted octanol–water partition coefficient (Wildman–Crippen LogP) is 4.55. The maximum Gasteiger partial charge on any atom is 0.105 e. The van der Waals surface area contributed by atoms with Gasteiger partial charge in [0.1, 0.15) is 5.69 Å². The molecule has 1 fully saturated rings. The molecule has 3 nitrogen and oxygen atoms in total. The minimum atomic E-state index is 0.714. The van der Waals surface area contributed by atoms with Crippen LogP contribution in [0.25, 0.3) is 6.08 Å². The summed E-state index contributed by atoms with van der Waals surface area (Å²) >= 11 is 2.28. The molecule has 1 aromatic rings. The summed E-state index contributed by atoms with van der Waals surface area (Å²) < 4.78 is 1.90. The van der Waals surface area contributed by atoms with Crippen LogP contribution in [-0.4, -0.2) is 15.0 Å². The number of halogens is 1. The van der Waals surface area contributed by atoms with Gasteiger partial charge in [-0.05, 0) is 58.4 Å². The highest BCUT2D eigenvalue weighted by Crippen LogP contribution is 2.39. The molecule has 2 unspecified atom stereocenters. The Morgan fingerprint density at radius 2 is 2.39 bits per heavy atom. The minimum absolute atomic E-state index is 0.714. The highest BCUT2D eigenvalue weighted by Gasteiger charge is 2.26. The fourth-order valence-corrected chi connectivity index (χ4v) is 3.85. The minimum Gasteiger partial charge on any atom is -0.241 e. The number of aromatic nitrogens is 3. The summed E-state index contributed by atoms with van der Waals surface area (Å²) in [5.41, 5.74) is 2.61. The summed E-state index contributed by atoms with van der Waals surface area (Å²) in [5, 5.41) is 8.39. The lowest BCUT2D eigenvalue weighted by Gasteiger charge is -2.12. The largest absolute Gasteiger partial charge is 0.241 e. The van der Waals surface area contributed by atoms with Crippen molar-refractivity contribution in [1.29, 1.82) is 0 Å². The third-order valence-corrected chi connectivity index (χ3v) is 4.88. The van der Waals surface area contributed by atoms with E-state index in [-0.39, 0.29) is 0 Å². The second kappa shape index (κ2) is 6.93. The Balaban J connectivity index is 2.13. The molecule has 18 heavy (non-hydrogen) atoms. The van der Waals surface area contributed by atoms with Gasteiger partial charge in [-0.1, -0.05) is 40.0 Å². The molecule has 1 aromatic heterocycles. The van der Waals surface area contributed by atoms with Crippen LogP contribution < -0.4 is 0 Å². The Hall–Kier alpha value is -0.0400. The van der Waals surface area contributed by atoms with Crippen LogP contribution >= 0.6 is 30.1 Å². The van der Waals surface area contributed by atoms with E-state index in [1.165, 1.54) is 25.7 Å². The molecule has 1 saturated carbocycles. The van der Waals surface area contributed by atoms with Gasteiger partial charge in [0.25, 0.3) is 0 Å². The van der Waals surface area contributed by atoms with Crippen molar-refractivity contribution in [3.8, 4) is 0 Å². The molecular formula is C13H20IN3S. The van der Waals surface area contributed by atoms with Gasteiger partial charge in [-0.2, -0.15) is 0 Å². The maximum atomic E-state index is 4.25. The first-order chi connectivity index (χ1) is 8.74. The summed E-state index contributed by atoms with van der Waals surface area (Å²) in [4.78, 5) is 0. The van der Waals surface area contributed by atoms with Gasteiger partial charge in [-0.15, -0.1) is 5.10 Å². The number of nitrogens with zero attached hydrogens (tertiary/aromatic N) is 3. The molecule has 0 radical (unpaired) electrons. The Bertz CT molecular complexity index is 414. The van der Waals surface area contributed by atoms with E-state index in [1.807, 2.05) is 10.9 Å². The van der Waals surface area contributed by atoms with Crippen LogP contribution in [0, 0.1) is 11.8 Å². The molecule has 2 atom stereocenters. The number of hydrogen-bond donors (Lipinski definition) is 0. The van der Waals surface area contributed by atoms with Crippen LogP contribution in [-0.2, 0) is 5.88 Å². The zero-order valence-corrected chi connectivity index (χ0v) is 13.9. The number of hydrogen-bond acceptors (Lipinski definition) is 3. The molecule has 2 rings (SSSR count). The van der Waals surface area contributed by atoms with Gasteiger partial charge in [0.05, 0.1) is 12.1 Å². The summed E-state index contributed by atoms with van der Waals surface area (Å²) in [7, 11) is 1.73. The Morgan fingerprint density at radius 1 is 1.56 bits per heavy atom. The Labute approximate surface area is 125 Å². The van der Waals surface area contributed by atoms with Crippen LogP contribution in [0.5, 0.6) is 0 Å². The Morgan fingerprint density at radius 3 is 3.11 bits per heavy atom. The van der Waals surface area contributed by atoms with Gasteiger partial charge in [-0.3, -0.25) is 0 Å². The lowest BCUT2D eigenvalue weighted by atomic mass is 9.93. The molecule has 1 heterocycles. The van der Waals surface area contributed by atoms with Gasteiger partial charge in [0.15, 0.2) is 0 Å². The van der Waals surface area contributed by atoms with Crippen molar-refractivity contribution in [3.05, 3.63) is 17.5 Å². The molecule has 0 spiro atoms. The van der Waals surface area contributed by atoms with E-state index in [4.69, 9.17) is 0 Å². The topological polar surface area (TPSA) is 30.7 Å². The summed E-state index contributed by atoms with van der Waals surface area (Å²) in [6, 6.07) is 0. The summed E-state index contributed by atoms with van der Waals surface area (Å²) in [6.07, 6.45) is 9.58. The fraction of sp³-hybridized carbons (Fsp3) is 0.692. The molecule has 0 saturated heterocycles. The smallest absolute Gasteiger partial charge is 0.105 e. The molecule has 0 aromatic carbocycles. The molecule has 0 aliphatic heterocycles. The molecular weight excluding hydrogens is 357 g/mol. The molecule has 0 N–H and O–H groups in total. The van der Waals surface area contributed by atoms with Crippen molar-refractivity contribution in [2.75, 3.05) is 0 Å². The SMILES string of the molecule is CCCC1CCC(C)/C1=C/c1cn(CSI)nn1. The van der Waals surface area contributed by atoms with Crippen LogP contribution in [0.4, 0.5) is 0 Å². The van der Waals surface area contributed by atoms with Crippen molar-refractivity contribution in [3.63, 3.8) is 0 Å². The standard InChI is InChI=1S/C13H20IN3S/c1-3-4-11-6-5-10(2)13(11)7-12-8-17(9-18-14)16-15-12/h7-8,10-11H,3-6,9H2,1-2H3/b13-7-. The highest BCUT2D eigenvalue weighted by molar-refractivity contribution is 14.2. The van der Waals surface area contributed by atoms with Crippen molar-refractivity contribution >= 4 is 36.2 Å². The van der Waals surface area contributed by atoms with Crippen molar-refractivity contribution in [2.24, 2.45) is 11.8 Å². The second-order valence-electron chi connectivity index (χ2n) is 5.03. The lowest BCUT2D eigenvalue weighted by molar-refractivity contribution is 0.565. The van der Waals surface area contributed by atoms with E-state index in [0.29, 0.717) is 5.92 Å². The number of rotatable bonds is 5. The lowest BCUT2D eigenvalue weighted by Crippen LogP contribution is -1.99. The fourth-order valence-electron chi connectivity index (χ4n) is 2.77. The normalized spacial score (nSPS) is 26.1. The van der Waals surface area contributed by atoms with Crippen LogP contribution in [0.2, 0.25) is 0 Å². The summed E-state index contributed by atoms with van der Waals surface area (Å²) in [5.74, 6) is 2.35. The van der Waals surface area contributed by atoms with Gasteiger partial charge in [0.2, 0.25) is 0 Å². The van der Waals surface area contributed by atoms with Crippen molar-refractivity contribution < 1.29 is 0 Å². The maximum absolute atomic E-state index is 4.25. The van der Waals surface area contributed by atoms with E-state index in [9.17, 15) is 0 Å². The van der Waals surface area contributed by atoms with E-state index >= 15 is 0 Å². The first kappa shape index (κ1) is 14.4. The predicted molar refractivity (Wildman–Crippen MR) is 86.4 cm³/mol. The third-order valence-electron chi connectivity index (χ3n) is 3.68. The van der Waals surface area contributed by atoms with Gasteiger partial charge in [-0.25, -0.2) is 4.68 Å². The quantitative estimate of drug-likeness (QED) is 0.706. The van der Waals surface area contributed by atoms with Gasteiger partial charge in [0, 0.05) is 0 Å². The van der Waals surface area contributed by atoms with E-state index in [2.05, 4.69) is 51.4 Å². The number of allylic oxidation sites excluding steroid dienone is 1. The van der Waals surface area contributed by atoms with Gasteiger partial charge < -0.3 is 0 Å². The second-order valence-corrected chi connectivity index (χ2v) is 7.37. The van der Waals surface area contributed by atoms with E-state index < -0.39 is 0 Å². The van der Waals surface area contributed by atoms with Crippen molar-refractivity contribution in [1.82, 2.24) is 15.0 Å². The van der Waals surface area contributed by atoms with E-state index in [0.717, 1.165) is 17.5 Å². The average Bonchev–Trinajstić information content (AvgIpc) is 2.92. The molecule has 1 aliphatic rings. The highest BCUT2D eigenvalue weighted by atomic mass is 127. The molecule has 0 bridgehead atoms. The average molecular weight is 377 g/mol. The van der Waals surface area contributed by atoms with Gasteiger partial charge >= 0.3 is 0 Å². The first-order valence-electron chi connectivity index (χ1n) is 6.59. The molecule has 1 aliphatic carbocycles. The van der Waals surface area contributed by atoms with Crippen LogP contribution in [0.3, 0.4) is 0 Å². The monoisotopic (exact) mass is 377 g/mol.